The van der Waals surface area contributed by atoms with Crippen molar-refractivity contribution < 1.29 is 4.79 Å². The Kier molecular flexibility index (Phi) is 5.04. The molecule has 1 aliphatic heterocycles. The molecule has 0 aromatic heterocycles. The molecule has 1 aromatic rings. The van der Waals surface area contributed by atoms with Crippen molar-refractivity contribution in [3.05, 3.63) is 33.3 Å². The average Bonchev–Trinajstić information content (AvgIpc) is 2.83. The second kappa shape index (κ2) is 6.38. The van der Waals surface area contributed by atoms with E-state index in [4.69, 9.17) is 11.6 Å². The summed E-state index contributed by atoms with van der Waals surface area (Å²) in [6.07, 6.45) is 4.39. The SMILES string of the molecule is CCCC1(C(=O)Cc2ccc(Br)cc2Cl)CCCN1. The Labute approximate surface area is 128 Å². The van der Waals surface area contributed by atoms with Gasteiger partial charge in [0.05, 0.1) is 5.54 Å². The molecule has 1 fully saturated rings. The van der Waals surface area contributed by atoms with Gasteiger partial charge in [-0.25, -0.2) is 0 Å². The largest absolute Gasteiger partial charge is 0.305 e. The molecule has 1 heterocycles. The van der Waals surface area contributed by atoms with Gasteiger partial charge in [0.2, 0.25) is 0 Å². The van der Waals surface area contributed by atoms with Gasteiger partial charge in [-0.3, -0.25) is 4.79 Å². The first-order valence-corrected chi connectivity index (χ1v) is 7.97. The lowest BCUT2D eigenvalue weighted by atomic mass is 9.84. The number of ketones is 1. The number of carbonyl (C=O) groups excluding carboxylic acids is 1. The van der Waals surface area contributed by atoms with Crippen molar-refractivity contribution in [2.75, 3.05) is 6.54 Å². The Morgan fingerprint density at radius 3 is 2.89 bits per heavy atom. The standard InChI is InChI=1S/C15H19BrClNO/c1-2-6-15(7-3-8-18-15)14(19)9-11-4-5-12(16)10-13(11)17/h4-5,10,18H,2-3,6-9H2,1H3. The number of Topliss-reactive ketones (excluding diaryl/α,β-unsaturated/α-hetero) is 1. The molecule has 1 aliphatic rings. The van der Waals surface area contributed by atoms with E-state index in [2.05, 4.69) is 28.2 Å². The molecule has 0 bridgehead atoms. The number of rotatable bonds is 5. The van der Waals surface area contributed by atoms with E-state index in [1.165, 1.54) is 0 Å². The zero-order valence-corrected chi connectivity index (χ0v) is 13.5. The highest BCUT2D eigenvalue weighted by Crippen LogP contribution is 2.29. The molecule has 0 aliphatic carbocycles. The van der Waals surface area contributed by atoms with Gasteiger partial charge in [0.25, 0.3) is 0 Å². The van der Waals surface area contributed by atoms with Gasteiger partial charge in [-0.1, -0.05) is 46.9 Å². The fourth-order valence-electron chi connectivity index (χ4n) is 2.83. The van der Waals surface area contributed by atoms with Gasteiger partial charge in [-0.2, -0.15) is 0 Å². The molecular weight excluding hydrogens is 326 g/mol. The molecule has 1 aromatic carbocycles. The van der Waals surface area contributed by atoms with Crippen molar-refractivity contribution in [1.82, 2.24) is 5.32 Å². The molecule has 1 N–H and O–H groups in total. The minimum atomic E-state index is -0.314. The summed E-state index contributed by atoms with van der Waals surface area (Å²) in [5, 5.41) is 4.08. The van der Waals surface area contributed by atoms with E-state index in [1.807, 2.05) is 18.2 Å². The molecule has 0 spiro atoms. The van der Waals surface area contributed by atoms with Gasteiger partial charge < -0.3 is 5.32 Å². The smallest absolute Gasteiger partial charge is 0.157 e. The zero-order chi connectivity index (χ0) is 13.9. The summed E-state index contributed by atoms with van der Waals surface area (Å²) in [5.41, 5.74) is 0.601. The van der Waals surface area contributed by atoms with Crippen LogP contribution in [0.15, 0.2) is 22.7 Å². The minimum Gasteiger partial charge on any atom is -0.305 e. The van der Waals surface area contributed by atoms with Crippen LogP contribution < -0.4 is 5.32 Å². The van der Waals surface area contributed by atoms with Gasteiger partial charge in [0.1, 0.15) is 0 Å². The first-order valence-electron chi connectivity index (χ1n) is 6.79. The van der Waals surface area contributed by atoms with Crippen LogP contribution in [0.3, 0.4) is 0 Å². The van der Waals surface area contributed by atoms with Crippen molar-refractivity contribution in [2.45, 2.75) is 44.6 Å². The molecular formula is C15H19BrClNO. The molecule has 1 unspecified atom stereocenters. The summed E-state index contributed by atoms with van der Waals surface area (Å²) in [6.45, 7) is 3.07. The first-order chi connectivity index (χ1) is 9.07. The number of benzene rings is 1. The molecule has 2 rings (SSSR count). The summed E-state index contributed by atoms with van der Waals surface area (Å²) in [4.78, 5) is 12.6. The lowest BCUT2D eigenvalue weighted by Gasteiger charge is -2.27. The summed E-state index contributed by atoms with van der Waals surface area (Å²) >= 11 is 9.58. The van der Waals surface area contributed by atoms with Crippen LogP contribution in [0.5, 0.6) is 0 Å². The van der Waals surface area contributed by atoms with Crippen LogP contribution in [-0.2, 0) is 11.2 Å². The quantitative estimate of drug-likeness (QED) is 0.870. The van der Waals surface area contributed by atoms with Gasteiger partial charge >= 0.3 is 0 Å². The minimum absolute atomic E-state index is 0.274. The highest BCUT2D eigenvalue weighted by atomic mass is 79.9. The van der Waals surface area contributed by atoms with E-state index < -0.39 is 0 Å². The molecule has 0 radical (unpaired) electrons. The van der Waals surface area contributed by atoms with Crippen LogP contribution in [0.1, 0.15) is 38.2 Å². The summed E-state index contributed by atoms with van der Waals surface area (Å²) in [6, 6.07) is 5.71. The summed E-state index contributed by atoms with van der Waals surface area (Å²) < 4.78 is 0.941. The van der Waals surface area contributed by atoms with Crippen LogP contribution in [0.2, 0.25) is 5.02 Å². The predicted molar refractivity (Wildman–Crippen MR) is 82.7 cm³/mol. The fraction of sp³-hybridized carbons (Fsp3) is 0.533. The average molecular weight is 345 g/mol. The third-order valence-electron chi connectivity index (χ3n) is 3.82. The first kappa shape index (κ1) is 15.0. The van der Waals surface area contributed by atoms with Crippen LogP contribution in [0, 0.1) is 0 Å². The van der Waals surface area contributed by atoms with Crippen molar-refractivity contribution in [2.24, 2.45) is 0 Å². The van der Waals surface area contributed by atoms with E-state index >= 15 is 0 Å². The lowest BCUT2D eigenvalue weighted by Crippen LogP contribution is -2.48. The van der Waals surface area contributed by atoms with Crippen LogP contribution in [0.4, 0.5) is 0 Å². The number of halogens is 2. The maximum atomic E-state index is 12.6. The highest BCUT2D eigenvalue weighted by Gasteiger charge is 2.39. The van der Waals surface area contributed by atoms with E-state index in [0.29, 0.717) is 11.4 Å². The number of hydrogen-bond donors (Lipinski definition) is 1. The molecule has 104 valence electrons. The van der Waals surface area contributed by atoms with Crippen LogP contribution >= 0.6 is 27.5 Å². The molecule has 4 heteroatoms. The number of hydrogen-bond acceptors (Lipinski definition) is 2. The Hall–Kier alpha value is -0.380. The van der Waals surface area contributed by atoms with Crippen LogP contribution in [-0.4, -0.2) is 17.9 Å². The normalized spacial score (nSPS) is 22.7. The van der Waals surface area contributed by atoms with Crippen molar-refractivity contribution in [3.63, 3.8) is 0 Å². The maximum Gasteiger partial charge on any atom is 0.157 e. The van der Waals surface area contributed by atoms with Gasteiger partial charge in [-0.15, -0.1) is 0 Å². The Morgan fingerprint density at radius 1 is 1.53 bits per heavy atom. The lowest BCUT2D eigenvalue weighted by molar-refractivity contribution is -0.124. The predicted octanol–water partition coefficient (Wildman–Crippen LogP) is 4.14. The van der Waals surface area contributed by atoms with Crippen molar-refractivity contribution in [1.29, 1.82) is 0 Å². The van der Waals surface area contributed by atoms with Crippen LogP contribution in [0.25, 0.3) is 0 Å². The monoisotopic (exact) mass is 343 g/mol. The topological polar surface area (TPSA) is 29.1 Å². The second-order valence-corrected chi connectivity index (χ2v) is 6.52. The molecule has 0 amide bonds. The molecule has 19 heavy (non-hydrogen) atoms. The highest BCUT2D eigenvalue weighted by molar-refractivity contribution is 9.10. The Morgan fingerprint density at radius 2 is 2.32 bits per heavy atom. The Balaban J connectivity index is 2.15. The maximum absolute atomic E-state index is 12.6. The Bertz CT molecular complexity index is 469. The third-order valence-corrected chi connectivity index (χ3v) is 4.67. The van der Waals surface area contributed by atoms with E-state index in [1.54, 1.807) is 0 Å². The molecule has 0 saturated carbocycles. The second-order valence-electron chi connectivity index (χ2n) is 5.20. The van der Waals surface area contributed by atoms with Crippen molar-refractivity contribution >= 4 is 33.3 Å². The van der Waals surface area contributed by atoms with E-state index in [9.17, 15) is 4.79 Å². The van der Waals surface area contributed by atoms with Gasteiger partial charge in [0, 0.05) is 15.9 Å². The van der Waals surface area contributed by atoms with Gasteiger partial charge in [-0.05, 0) is 43.5 Å². The van der Waals surface area contributed by atoms with Crippen molar-refractivity contribution in [3.8, 4) is 0 Å². The number of carbonyl (C=O) groups is 1. The zero-order valence-electron chi connectivity index (χ0n) is 11.1. The molecule has 1 saturated heterocycles. The fourth-order valence-corrected chi connectivity index (χ4v) is 3.57. The summed E-state index contributed by atoms with van der Waals surface area (Å²) in [7, 11) is 0. The summed E-state index contributed by atoms with van der Waals surface area (Å²) in [5.74, 6) is 0.274. The molecule has 1 atom stereocenters. The van der Waals surface area contributed by atoms with Gasteiger partial charge in [0.15, 0.2) is 5.78 Å². The third kappa shape index (κ3) is 3.39. The van der Waals surface area contributed by atoms with E-state index in [-0.39, 0.29) is 11.3 Å². The number of nitrogens with one attached hydrogen (secondary N) is 1. The molecule has 2 nitrogen and oxygen atoms in total. The van der Waals surface area contributed by atoms with E-state index in [0.717, 1.165) is 42.3 Å².